The normalized spacial score (nSPS) is 12.5. The molecule has 0 saturated heterocycles. The van der Waals surface area contributed by atoms with Crippen LogP contribution in [0.15, 0.2) is 36.9 Å². The van der Waals surface area contributed by atoms with Crippen LogP contribution in [0.1, 0.15) is 43.7 Å². The number of aromatic nitrogens is 5. The average Bonchev–Trinajstić information content (AvgIpc) is 3.42. The molecule has 0 fully saturated rings. The van der Waals surface area contributed by atoms with E-state index in [2.05, 4.69) is 30.7 Å². The highest BCUT2D eigenvalue weighted by Gasteiger charge is 2.34. The third-order valence-corrected chi connectivity index (χ3v) is 5.92. The van der Waals surface area contributed by atoms with E-state index in [9.17, 15) is 27.2 Å². The maximum atomic E-state index is 13.4. The maximum absolute atomic E-state index is 13.4. The molecular weight excluding hydrogens is 478 g/mol. The minimum Gasteiger partial charge on any atom is -0.342 e. The smallest absolute Gasteiger partial charge is 0.342 e. The Morgan fingerprint density at radius 2 is 1.88 bits per heavy atom. The van der Waals surface area contributed by atoms with E-state index in [1.54, 1.807) is 14.0 Å². The Bertz CT molecular complexity index is 1400. The quantitative estimate of drug-likeness (QED) is 0.410. The van der Waals surface area contributed by atoms with E-state index in [4.69, 9.17) is 0 Å². The number of carbonyl (C=O) groups is 2. The lowest BCUT2D eigenvalue weighted by Gasteiger charge is -2.11. The van der Waals surface area contributed by atoms with Crippen LogP contribution in [-0.4, -0.2) is 36.5 Å². The van der Waals surface area contributed by atoms with Gasteiger partial charge >= 0.3 is 6.18 Å². The Balaban J connectivity index is 1.46. The van der Waals surface area contributed by atoms with Crippen LogP contribution in [0.25, 0.3) is 11.0 Å². The monoisotopic (exact) mass is 493 g/mol. The fourth-order valence-corrected chi connectivity index (χ4v) is 3.89. The van der Waals surface area contributed by atoms with Crippen LogP contribution in [0, 0.1) is 5.82 Å². The molecule has 2 amide bonds. The highest BCUT2D eigenvalue weighted by atomic mass is 32.1. The van der Waals surface area contributed by atoms with Crippen LogP contribution in [0.5, 0.6) is 0 Å². The molecule has 2 N–H and O–H groups in total. The number of nitrogens with zero attached hydrogens (tertiary/aromatic N) is 5. The molecule has 0 spiro atoms. The molecule has 3 aromatic heterocycles. The first-order chi connectivity index (χ1) is 16.0. The fraction of sp³-hybridized carbons (Fsp3) is 0.200. The van der Waals surface area contributed by atoms with Gasteiger partial charge in [-0.2, -0.15) is 18.3 Å². The van der Waals surface area contributed by atoms with Gasteiger partial charge in [0.05, 0.1) is 29.4 Å². The largest absolute Gasteiger partial charge is 0.419 e. The minimum absolute atomic E-state index is 0.0886. The number of nitrogens with one attached hydrogen (secondary N) is 2. The summed E-state index contributed by atoms with van der Waals surface area (Å²) in [5.74, 6) is -2.67. The van der Waals surface area contributed by atoms with Gasteiger partial charge in [0.25, 0.3) is 11.8 Å². The van der Waals surface area contributed by atoms with Crippen molar-refractivity contribution in [3.8, 4) is 0 Å². The van der Waals surface area contributed by atoms with E-state index in [1.807, 2.05) is 0 Å². The first kappa shape index (κ1) is 23.2. The van der Waals surface area contributed by atoms with Crippen molar-refractivity contribution in [2.45, 2.75) is 19.1 Å². The Morgan fingerprint density at radius 3 is 2.62 bits per heavy atom. The lowest BCUT2D eigenvalue weighted by molar-refractivity contribution is -0.139. The van der Waals surface area contributed by atoms with Crippen molar-refractivity contribution in [3.63, 3.8) is 0 Å². The second-order valence-corrected chi connectivity index (χ2v) is 8.19. The fourth-order valence-electron chi connectivity index (χ4n) is 3.08. The van der Waals surface area contributed by atoms with Gasteiger partial charge in [0, 0.05) is 12.7 Å². The predicted molar refractivity (Wildman–Crippen MR) is 114 cm³/mol. The Labute approximate surface area is 192 Å². The molecule has 9 nitrogen and oxygen atoms in total. The van der Waals surface area contributed by atoms with Crippen molar-refractivity contribution < 1.29 is 27.2 Å². The van der Waals surface area contributed by atoms with Crippen molar-refractivity contribution in [2.75, 3.05) is 5.32 Å². The number of aryl methyl sites for hydroxylation is 1. The van der Waals surface area contributed by atoms with Gasteiger partial charge in [0.15, 0.2) is 5.65 Å². The predicted octanol–water partition coefficient (Wildman–Crippen LogP) is 3.72. The SMILES string of the molecule is CC(NC(=O)c1ncnc2c1cnn2C)c1ncc(C(=O)Nc2ccc(F)c(C(F)(F)F)c2)s1. The number of thiazole rings is 1. The van der Waals surface area contributed by atoms with Gasteiger partial charge in [-0.3, -0.25) is 14.3 Å². The van der Waals surface area contributed by atoms with Crippen molar-refractivity contribution in [1.82, 2.24) is 30.0 Å². The van der Waals surface area contributed by atoms with Gasteiger partial charge in [-0.05, 0) is 25.1 Å². The van der Waals surface area contributed by atoms with E-state index in [-0.39, 0.29) is 16.3 Å². The number of hydrogen-bond donors (Lipinski definition) is 2. The van der Waals surface area contributed by atoms with Gasteiger partial charge < -0.3 is 10.6 Å². The number of carbonyl (C=O) groups excluding carboxylic acids is 2. The van der Waals surface area contributed by atoms with Crippen molar-refractivity contribution >= 4 is 39.9 Å². The summed E-state index contributed by atoms with van der Waals surface area (Å²) in [6.45, 7) is 1.65. The van der Waals surface area contributed by atoms with E-state index in [1.165, 1.54) is 23.4 Å². The summed E-state index contributed by atoms with van der Waals surface area (Å²) in [5.41, 5.74) is -1.11. The molecule has 0 saturated carbocycles. The number of halogens is 4. The van der Waals surface area contributed by atoms with Crippen LogP contribution in [-0.2, 0) is 13.2 Å². The summed E-state index contributed by atoms with van der Waals surface area (Å²) in [4.78, 5) is 37.5. The van der Waals surface area contributed by atoms with Gasteiger partial charge in [-0.25, -0.2) is 19.3 Å². The van der Waals surface area contributed by atoms with E-state index < -0.39 is 35.4 Å². The second kappa shape index (κ2) is 8.78. The lowest BCUT2D eigenvalue weighted by Crippen LogP contribution is -2.27. The van der Waals surface area contributed by atoms with Gasteiger partial charge in [-0.15, -0.1) is 11.3 Å². The zero-order valence-electron chi connectivity index (χ0n) is 17.5. The first-order valence-corrected chi connectivity index (χ1v) is 10.4. The molecule has 4 rings (SSSR count). The molecule has 1 aromatic carbocycles. The van der Waals surface area contributed by atoms with Crippen molar-refractivity contribution in [2.24, 2.45) is 7.05 Å². The first-order valence-electron chi connectivity index (χ1n) is 9.62. The number of alkyl halides is 3. The van der Waals surface area contributed by atoms with Gasteiger partial charge in [-0.1, -0.05) is 0 Å². The Morgan fingerprint density at radius 1 is 1.12 bits per heavy atom. The number of hydrogen-bond acceptors (Lipinski definition) is 7. The lowest BCUT2D eigenvalue weighted by atomic mass is 10.2. The zero-order valence-corrected chi connectivity index (χ0v) is 18.3. The summed E-state index contributed by atoms with van der Waals surface area (Å²) in [6.07, 6.45) is -0.952. The molecule has 176 valence electrons. The van der Waals surface area contributed by atoms with Crippen LogP contribution in [0.3, 0.4) is 0 Å². The highest BCUT2D eigenvalue weighted by molar-refractivity contribution is 7.13. The summed E-state index contributed by atoms with van der Waals surface area (Å²) < 4.78 is 53.6. The Hall–Kier alpha value is -3.94. The third kappa shape index (κ3) is 4.57. The van der Waals surface area contributed by atoms with Crippen LogP contribution in [0.4, 0.5) is 23.2 Å². The molecule has 4 aromatic rings. The molecule has 1 unspecified atom stereocenters. The van der Waals surface area contributed by atoms with E-state index in [0.717, 1.165) is 17.4 Å². The molecule has 0 aliphatic heterocycles. The average molecular weight is 493 g/mol. The molecule has 3 heterocycles. The standard InChI is InChI=1S/C20H15F4N7O2S/c1-9(29-18(33)15-11-6-28-31(2)16(11)27-8-26-15)19-25-7-14(34-19)17(32)30-10-3-4-13(21)12(5-10)20(22,23)24/h3-9H,1-2H3,(H,29,33)(H,30,32). The van der Waals surface area contributed by atoms with Crippen molar-refractivity contribution in [3.05, 3.63) is 63.9 Å². The molecule has 0 radical (unpaired) electrons. The topological polar surface area (TPSA) is 115 Å². The summed E-state index contributed by atoms with van der Waals surface area (Å²) in [5, 5.41) is 9.92. The summed E-state index contributed by atoms with van der Waals surface area (Å²) in [7, 11) is 1.68. The van der Waals surface area contributed by atoms with Crippen LogP contribution >= 0.6 is 11.3 Å². The van der Waals surface area contributed by atoms with Crippen LogP contribution < -0.4 is 10.6 Å². The Kier molecular flexibility index (Phi) is 6.00. The van der Waals surface area contributed by atoms with Gasteiger partial charge in [0.2, 0.25) is 0 Å². The van der Waals surface area contributed by atoms with E-state index >= 15 is 0 Å². The molecule has 0 aliphatic carbocycles. The second-order valence-electron chi connectivity index (χ2n) is 7.13. The van der Waals surface area contributed by atoms with E-state index in [0.29, 0.717) is 28.2 Å². The summed E-state index contributed by atoms with van der Waals surface area (Å²) in [6, 6.07) is 1.55. The third-order valence-electron chi connectivity index (χ3n) is 4.74. The summed E-state index contributed by atoms with van der Waals surface area (Å²) >= 11 is 0.943. The molecule has 0 bridgehead atoms. The van der Waals surface area contributed by atoms with Gasteiger partial charge in [0.1, 0.15) is 27.7 Å². The number of benzene rings is 1. The maximum Gasteiger partial charge on any atom is 0.419 e. The zero-order chi connectivity index (χ0) is 24.6. The number of anilines is 1. The minimum atomic E-state index is -4.90. The number of amides is 2. The van der Waals surface area contributed by atoms with Crippen LogP contribution in [0.2, 0.25) is 0 Å². The molecule has 1 atom stereocenters. The molecular formula is C20H15F4N7O2S. The highest BCUT2D eigenvalue weighted by Crippen LogP contribution is 2.33. The number of fused-ring (bicyclic) bond motifs is 1. The molecule has 0 aliphatic rings. The number of rotatable bonds is 5. The molecule has 34 heavy (non-hydrogen) atoms. The molecule has 14 heteroatoms. The van der Waals surface area contributed by atoms with Crippen molar-refractivity contribution in [1.29, 1.82) is 0 Å².